The van der Waals surface area contributed by atoms with Gasteiger partial charge in [0, 0.05) is 43.9 Å². The first kappa shape index (κ1) is 15.3. The summed E-state index contributed by atoms with van der Waals surface area (Å²) in [5, 5.41) is 17.5. The fourth-order valence-electron chi connectivity index (χ4n) is 1.83. The molecular formula is C15H17N3O2S. The number of aliphatic hydroxyl groups is 1. The van der Waals surface area contributed by atoms with Crippen LogP contribution in [0.5, 0.6) is 0 Å². The molecule has 2 heterocycles. The highest BCUT2D eigenvalue weighted by Crippen LogP contribution is 2.15. The van der Waals surface area contributed by atoms with Crippen LogP contribution in [0.3, 0.4) is 0 Å². The van der Waals surface area contributed by atoms with Crippen LogP contribution < -0.4 is 5.32 Å². The monoisotopic (exact) mass is 303 g/mol. The number of aliphatic hydroxyl groups excluding tert-OH is 1. The highest BCUT2D eigenvalue weighted by Gasteiger charge is 2.11. The summed E-state index contributed by atoms with van der Waals surface area (Å²) in [7, 11) is 1.88. The highest BCUT2D eigenvalue weighted by molar-refractivity contribution is 7.12. The van der Waals surface area contributed by atoms with Crippen LogP contribution in [-0.4, -0.2) is 33.9 Å². The van der Waals surface area contributed by atoms with E-state index < -0.39 is 0 Å². The molecule has 0 fully saturated rings. The van der Waals surface area contributed by atoms with Crippen molar-refractivity contribution in [3.63, 3.8) is 0 Å². The Kier molecular flexibility index (Phi) is 5.55. The molecule has 0 saturated heterocycles. The van der Waals surface area contributed by atoms with E-state index in [1.165, 1.54) is 11.3 Å². The number of hydrogen-bond acceptors (Lipinski definition) is 4. The van der Waals surface area contributed by atoms with Crippen molar-refractivity contribution in [1.82, 2.24) is 15.1 Å². The zero-order valence-corrected chi connectivity index (χ0v) is 12.6. The summed E-state index contributed by atoms with van der Waals surface area (Å²) in [5.41, 5.74) is 1.79. The lowest BCUT2D eigenvalue weighted by Gasteiger charge is -2.04. The molecule has 0 aromatic carbocycles. The van der Waals surface area contributed by atoms with Crippen LogP contribution in [0.2, 0.25) is 0 Å². The summed E-state index contributed by atoms with van der Waals surface area (Å²) < 4.78 is 1.79. The van der Waals surface area contributed by atoms with Gasteiger partial charge in [-0.05, 0) is 17.5 Å². The number of hydrogen-bond donors (Lipinski definition) is 2. The maximum Gasteiger partial charge on any atom is 0.262 e. The van der Waals surface area contributed by atoms with E-state index in [9.17, 15) is 4.79 Å². The molecule has 2 aromatic heterocycles. The SMILES string of the molecule is Cn1nccc1CCNC(=O)c1sccc1C#CCCO. The number of nitrogens with one attached hydrogen (secondary N) is 1. The van der Waals surface area contributed by atoms with Crippen molar-refractivity contribution in [3.8, 4) is 11.8 Å². The second kappa shape index (κ2) is 7.62. The van der Waals surface area contributed by atoms with Gasteiger partial charge in [0.2, 0.25) is 0 Å². The Morgan fingerprint density at radius 1 is 1.52 bits per heavy atom. The fraction of sp³-hybridized carbons (Fsp3) is 0.333. The molecule has 2 aromatic rings. The minimum atomic E-state index is -0.111. The standard InChI is InChI=1S/C15H17N3O2S/c1-18-13(6-9-17-18)5-8-16-15(20)14-12(7-11-21-14)4-2-3-10-19/h6-7,9,11,19H,3,5,8,10H2,1H3,(H,16,20). The molecule has 0 unspecified atom stereocenters. The van der Waals surface area contributed by atoms with Crippen molar-refractivity contribution in [1.29, 1.82) is 0 Å². The molecule has 1 amide bonds. The maximum absolute atomic E-state index is 12.1. The zero-order chi connectivity index (χ0) is 15.1. The number of aryl methyl sites for hydroxylation is 1. The molecule has 2 rings (SSSR count). The topological polar surface area (TPSA) is 67.2 Å². The second-order valence-electron chi connectivity index (χ2n) is 4.39. The fourth-order valence-corrected chi connectivity index (χ4v) is 2.59. The van der Waals surface area contributed by atoms with E-state index in [0.717, 1.165) is 12.1 Å². The van der Waals surface area contributed by atoms with Crippen LogP contribution >= 0.6 is 11.3 Å². The molecule has 21 heavy (non-hydrogen) atoms. The van der Waals surface area contributed by atoms with Crippen molar-refractivity contribution < 1.29 is 9.90 Å². The summed E-state index contributed by atoms with van der Waals surface area (Å²) in [6.45, 7) is 0.586. The van der Waals surface area contributed by atoms with Gasteiger partial charge in [-0.1, -0.05) is 11.8 Å². The van der Waals surface area contributed by atoms with E-state index in [1.807, 2.05) is 24.6 Å². The molecule has 6 heteroatoms. The third-order valence-electron chi connectivity index (χ3n) is 2.92. The molecule has 5 nitrogen and oxygen atoms in total. The van der Waals surface area contributed by atoms with Crippen molar-refractivity contribution >= 4 is 17.2 Å². The Morgan fingerprint density at radius 2 is 2.38 bits per heavy atom. The largest absolute Gasteiger partial charge is 0.395 e. The summed E-state index contributed by atoms with van der Waals surface area (Å²) >= 11 is 1.37. The smallest absolute Gasteiger partial charge is 0.262 e. The Hall–Kier alpha value is -2.10. The van der Waals surface area contributed by atoms with Gasteiger partial charge in [-0.3, -0.25) is 9.48 Å². The Morgan fingerprint density at radius 3 is 3.10 bits per heavy atom. The van der Waals surface area contributed by atoms with Crippen molar-refractivity contribution in [2.45, 2.75) is 12.8 Å². The highest BCUT2D eigenvalue weighted by atomic mass is 32.1. The van der Waals surface area contributed by atoms with Crippen LogP contribution in [0.4, 0.5) is 0 Å². The number of carbonyl (C=O) groups is 1. The lowest BCUT2D eigenvalue weighted by atomic mass is 10.2. The molecule has 0 aliphatic carbocycles. The van der Waals surface area contributed by atoms with Gasteiger partial charge >= 0.3 is 0 Å². The minimum Gasteiger partial charge on any atom is -0.395 e. The van der Waals surface area contributed by atoms with E-state index in [0.29, 0.717) is 23.4 Å². The van der Waals surface area contributed by atoms with E-state index >= 15 is 0 Å². The van der Waals surface area contributed by atoms with Crippen molar-refractivity contribution in [3.05, 3.63) is 39.8 Å². The van der Waals surface area contributed by atoms with E-state index in [-0.39, 0.29) is 12.5 Å². The molecule has 0 radical (unpaired) electrons. The van der Waals surface area contributed by atoms with Crippen molar-refractivity contribution in [2.75, 3.05) is 13.2 Å². The van der Waals surface area contributed by atoms with Gasteiger partial charge in [0.05, 0.1) is 6.61 Å². The first-order valence-corrected chi connectivity index (χ1v) is 7.52. The predicted octanol–water partition coefficient (Wildman–Crippen LogP) is 1.19. The second-order valence-corrected chi connectivity index (χ2v) is 5.31. The number of thiophene rings is 1. The van der Waals surface area contributed by atoms with E-state index in [4.69, 9.17) is 5.11 Å². The van der Waals surface area contributed by atoms with Gasteiger partial charge in [-0.15, -0.1) is 11.3 Å². The van der Waals surface area contributed by atoms with Gasteiger partial charge in [0.1, 0.15) is 4.88 Å². The quantitative estimate of drug-likeness (QED) is 0.815. The first-order chi connectivity index (χ1) is 10.2. The molecule has 0 aliphatic heterocycles. The molecule has 0 saturated carbocycles. The first-order valence-electron chi connectivity index (χ1n) is 6.64. The molecule has 110 valence electrons. The molecule has 0 spiro atoms. The van der Waals surface area contributed by atoms with Gasteiger partial charge in [-0.2, -0.15) is 5.10 Å². The van der Waals surface area contributed by atoms with E-state index in [2.05, 4.69) is 22.3 Å². The summed E-state index contributed by atoms with van der Waals surface area (Å²) in [6, 6.07) is 3.76. The van der Waals surface area contributed by atoms with Crippen LogP contribution in [-0.2, 0) is 13.5 Å². The van der Waals surface area contributed by atoms with Gasteiger partial charge in [-0.25, -0.2) is 0 Å². The normalized spacial score (nSPS) is 10.0. The Bertz CT molecular complexity index is 664. The summed E-state index contributed by atoms with van der Waals surface area (Å²) in [6.07, 6.45) is 2.89. The minimum absolute atomic E-state index is 0.0311. The van der Waals surface area contributed by atoms with Crippen LogP contribution in [0.15, 0.2) is 23.7 Å². The molecular weight excluding hydrogens is 286 g/mol. The number of aromatic nitrogens is 2. The average Bonchev–Trinajstić information content (AvgIpc) is 3.09. The van der Waals surface area contributed by atoms with Crippen LogP contribution in [0.25, 0.3) is 0 Å². The van der Waals surface area contributed by atoms with Gasteiger partial charge < -0.3 is 10.4 Å². The lowest BCUT2D eigenvalue weighted by molar-refractivity contribution is 0.0958. The zero-order valence-electron chi connectivity index (χ0n) is 11.8. The third-order valence-corrected chi connectivity index (χ3v) is 3.83. The van der Waals surface area contributed by atoms with Crippen LogP contribution in [0.1, 0.15) is 27.3 Å². The molecule has 2 N–H and O–H groups in total. The van der Waals surface area contributed by atoms with Crippen LogP contribution in [0, 0.1) is 11.8 Å². The molecule has 0 bridgehead atoms. The molecule has 0 atom stereocenters. The van der Waals surface area contributed by atoms with Gasteiger partial charge in [0.25, 0.3) is 5.91 Å². The number of nitrogens with zero attached hydrogens (tertiary/aromatic N) is 2. The lowest BCUT2D eigenvalue weighted by Crippen LogP contribution is -2.26. The van der Waals surface area contributed by atoms with E-state index in [1.54, 1.807) is 10.9 Å². The third kappa shape index (κ3) is 4.18. The molecule has 0 aliphatic rings. The number of rotatable bonds is 5. The summed E-state index contributed by atoms with van der Waals surface area (Å²) in [5.74, 6) is 5.64. The van der Waals surface area contributed by atoms with Crippen molar-refractivity contribution in [2.24, 2.45) is 7.05 Å². The maximum atomic E-state index is 12.1. The Balaban J connectivity index is 1.91. The number of carbonyl (C=O) groups excluding carboxylic acids is 1. The predicted molar refractivity (Wildman–Crippen MR) is 82.1 cm³/mol. The summed E-state index contributed by atoms with van der Waals surface area (Å²) in [4.78, 5) is 12.7. The van der Waals surface area contributed by atoms with Gasteiger partial charge in [0.15, 0.2) is 0 Å². The number of amides is 1. The Labute approximate surface area is 127 Å². The average molecular weight is 303 g/mol.